The number of alkyl halides is 3. The van der Waals surface area contributed by atoms with E-state index in [-0.39, 0.29) is 18.6 Å². The molecule has 1 aromatic heterocycles. The van der Waals surface area contributed by atoms with Crippen molar-refractivity contribution in [3.8, 4) is 22.8 Å². The van der Waals surface area contributed by atoms with E-state index in [0.29, 0.717) is 5.69 Å². The van der Waals surface area contributed by atoms with Crippen LogP contribution in [0.3, 0.4) is 0 Å². The molecule has 0 atom stereocenters. The highest BCUT2D eigenvalue weighted by Crippen LogP contribution is 2.32. The minimum atomic E-state index is -4.43. The van der Waals surface area contributed by atoms with E-state index in [1.54, 1.807) is 12.1 Å². The number of para-hydroxylation sites is 1. The number of ether oxygens (including phenoxy) is 2. The van der Waals surface area contributed by atoms with Crippen LogP contribution in [0.2, 0.25) is 0 Å². The molecular weight excluding hydrogens is 359 g/mol. The first-order chi connectivity index (χ1) is 12.9. The van der Waals surface area contributed by atoms with Gasteiger partial charge in [-0.25, -0.2) is 4.57 Å². The summed E-state index contributed by atoms with van der Waals surface area (Å²) in [6, 6.07) is 14.8. The molecule has 27 heavy (non-hydrogen) atoms. The van der Waals surface area contributed by atoms with E-state index in [1.807, 2.05) is 43.3 Å². The normalized spacial score (nSPS) is 11.6. The average Bonchev–Trinajstić information content (AvgIpc) is 3.01. The highest BCUT2D eigenvalue weighted by molar-refractivity contribution is 5.73. The maximum atomic E-state index is 13.0. The summed E-state index contributed by atoms with van der Waals surface area (Å²) >= 11 is 0. The molecule has 0 unspecified atom stereocenters. The van der Waals surface area contributed by atoms with Crippen molar-refractivity contribution in [2.75, 3.05) is 13.9 Å². The molecule has 0 radical (unpaired) electrons. The van der Waals surface area contributed by atoms with Crippen molar-refractivity contribution in [2.24, 2.45) is 0 Å². The Balaban J connectivity index is 2.15. The molecular formula is C19H18F3N3O2. The molecule has 0 aliphatic heterocycles. The second-order valence-electron chi connectivity index (χ2n) is 5.96. The monoisotopic (exact) mass is 377 g/mol. The Morgan fingerprint density at radius 3 is 2.37 bits per heavy atom. The van der Waals surface area contributed by atoms with Crippen LogP contribution in [0.5, 0.6) is 6.01 Å². The molecule has 3 aromatic rings. The van der Waals surface area contributed by atoms with Crippen LogP contribution in [0.1, 0.15) is 11.4 Å². The van der Waals surface area contributed by atoms with Crippen molar-refractivity contribution in [3.63, 3.8) is 0 Å². The van der Waals surface area contributed by atoms with Gasteiger partial charge in [0, 0.05) is 12.7 Å². The van der Waals surface area contributed by atoms with E-state index < -0.39 is 12.6 Å². The van der Waals surface area contributed by atoms with Gasteiger partial charge in [-0.3, -0.25) is 0 Å². The number of hydrogen-bond donors (Lipinski definition) is 0. The molecule has 3 rings (SSSR count). The Kier molecular flexibility index (Phi) is 5.46. The molecule has 0 bridgehead atoms. The summed E-state index contributed by atoms with van der Waals surface area (Å²) in [4.78, 5) is 0. The Labute approximate surface area is 154 Å². The fourth-order valence-corrected chi connectivity index (χ4v) is 2.69. The average molecular weight is 377 g/mol. The SMILES string of the molecule is COCOc1nnc(CC(F)(F)F)n1-c1ccccc1-c1ccc(C)cc1. The second-order valence-corrected chi connectivity index (χ2v) is 5.96. The van der Waals surface area contributed by atoms with Crippen LogP contribution >= 0.6 is 0 Å². The van der Waals surface area contributed by atoms with Crippen LogP contribution in [-0.2, 0) is 11.2 Å². The molecule has 0 amide bonds. The zero-order valence-electron chi connectivity index (χ0n) is 14.8. The zero-order valence-corrected chi connectivity index (χ0v) is 14.8. The lowest BCUT2D eigenvalue weighted by Crippen LogP contribution is -2.17. The summed E-state index contributed by atoms with van der Waals surface area (Å²) in [5.41, 5.74) is 3.18. The predicted molar refractivity (Wildman–Crippen MR) is 93.8 cm³/mol. The minimum Gasteiger partial charge on any atom is -0.436 e. The molecule has 1 heterocycles. The number of hydrogen-bond acceptors (Lipinski definition) is 4. The van der Waals surface area contributed by atoms with Gasteiger partial charge in [-0.2, -0.15) is 13.2 Å². The smallest absolute Gasteiger partial charge is 0.396 e. The maximum absolute atomic E-state index is 13.0. The van der Waals surface area contributed by atoms with Crippen LogP contribution in [-0.4, -0.2) is 34.8 Å². The first kappa shape index (κ1) is 18.9. The van der Waals surface area contributed by atoms with Gasteiger partial charge < -0.3 is 9.47 Å². The summed E-state index contributed by atoms with van der Waals surface area (Å²) in [6.07, 6.45) is -5.65. The molecule has 5 nitrogen and oxygen atoms in total. The number of aromatic nitrogens is 3. The van der Waals surface area contributed by atoms with Crippen molar-refractivity contribution in [1.82, 2.24) is 14.8 Å². The summed E-state index contributed by atoms with van der Waals surface area (Å²) in [7, 11) is 1.41. The number of rotatable bonds is 6. The van der Waals surface area contributed by atoms with Gasteiger partial charge in [0.25, 0.3) is 0 Å². The Morgan fingerprint density at radius 2 is 1.70 bits per heavy atom. The van der Waals surface area contributed by atoms with Gasteiger partial charge >= 0.3 is 12.2 Å². The van der Waals surface area contributed by atoms with E-state index in [0.717, 1.165) is 16.7 Å². The number of aryl methyl sites for hydroxylation is 1. The lowest BCUT2D eigenvalue weighted by molar-refractivity contribution is -0.128. The molecule has 0 saturated heterocycles. The molecule has 0 saturated carbocycles. The fourth-order valence-electron chi connectivity index (χ4n) is 2.69. The third kappa shape index (κ3) is 4.46. The van der Waals surface area contributed by atoms with Crippen molar-refractivity contribution >= 4 is 0 Å². The Bertz CT molecular complexity index is 905. The topological polar surface area (TPSA) is 49.2 Å². The molecule has 0 aliphatic carbocycles. The molecule has 8 heteroatoms. The molecule has 0 spiro atoms. The number of nitrogens with zero attached hydrogens (tertiary/aromatic N) is 3. The maximum Gasteiger partial charge on any atom is 0.396 e. The predicted octanol–water partition coefficient (Wildman–Crippen LogP) is 4.33. The Hall–Kier alpha value is -2.87. The zero-order chi connectivity index (χ0) is 19.4. The van der Waals surface area contributed by atoms with Crippen LogP contribution < -0.4 is 4.74 Å². The van der Waals surface area contributed by atoms with Gasteiger partial charge in [0.2, 0.25) is 0 Å². The summed E-state index contributed by atoms with van der Waals surface area (Å²) in [6.45, 7) is 1.81. The lowest BCUT2D eigenvalue weighted by atomic mass is 10.0. The van der Waals surface area contributed by atoms with Gasteiger partial charge in [0.1, 0.15) is 12.2 Å². The van der Waals surface area contributed by atoms with Crippen molar-refractivity contribution < 1.29 is 22.6 Å². The fraction of sp³-hybridized carbons (Fsp3) is 0.263. The van der Waals surface area contributed by atoms with Gasteiger partial charge in [0.15, 0.2) is 6.79 Å². The lowest BCUT2D eigenvalue weighted by Gasteiger charge is -2.16. The van der Waals surface area contributed by atoms with Crippen molar-refractivity contribution in [3.05, 3.63) is 59.9 Å². The quantitative estimate of drug-likeness (QED) is 0.600. The number of methoxy groups -OCH3 is 1. The highest BCUT2D eigenvalue weighted by atomic mass is 19.4. The van der Waals surface area contributed by atoms with Crippen LogP contribution in [0.4, 0.5) is 13.2 Å². The summed E-state index contributed by atoms with van der Waals surface area (Å²) in [5.74, 6) is -0.256. The minimum absolute atomic E-state index is 0.0596. The Morgan fingerprint density at radius 1 is 1.00 bits per heavy atom. The third-order valence-corrected chi connectivity index (χ3v) is 3.87. The first-order valence-corrected chi connectivity index (χ1v) is 8.18. The van der Waals surface area contributed by atoms with E-state index in [2.05, 4.69) is 10.2 Å². The standard InChI is InChI=1S/C19H18F3N3O2/c1-13-7-9-14(10-8-13)15-5-3-4-6-16(15)25-17(11-19(20,21)22)23-24-18(25)27-12-26-2/h3-10H,11-12H2,1-2H3. The largest absolute Gasteiger partial charge is 0.436 e. The van der Waals surface area contributed by atoms with E-state index in [4.69, 9.17) is 9.47 Å². The third-order valence-electron chi connectivity index (χ3n) is 3.87. The van der Waals surface area contributed by atoms with E-state index in [9.17, 15) is 13.2 Å². The summed E-state index contributed by atoms with van der Waals surface area (Å²) in [5, 5.41) is 7.47. The molecule has 142 valence electrons. The highest BCUT2D eigenvalue weighted by Gasteiger charge is 2.32. The molecule has 0 aliphatic rings. The van der Waals surface area contributed by atoms with Crippen LogP contribution in [0.15, 0.2) is 48.5 Å². The number of halogens is 3. The van der Waals surface area contributed by atoms with Crippen molar-refractivity contribution in [1.29, 1.82) is 0 Å². The summed E-state index contributed by atoms with van der Waals surface area (Å²) < 4.78 is 50.5. The first-order valence-electron chi connectivity index (χ1n) is 8.18. The van der Waals surface area contributed by atoms with Gasteiger partial charge in [0.05, 0.1) is 5.69 Å². The second kappa shape index (κ2) is 7.79. The molecule has 2 aromatic carbocycles. The van der Waals surface area contributed by atoms with E-state index in [1.165, 1.54) is 11.7 Å². The van der Waals surface area contributed by atoms with E-state index >= 15 is 0 Å². The van der Waals surface area contributed by atoms with Gasteiger partial charge in [-0.1, -0.05) is 53.1 Å². The number of benzene rings is 2. The van der Waals surface area contributed by atoms with Crippen LogP contribution in [0, 0.1) is 6.92 Å². The van der Waals surface area contributed by atoms with Gasteiger partial charge in [-0.05, 0) is 18.6 Å². The van der Waals surface area contributed by atoms with Crippen molar-refractivity contribution in [2.45, 2.75) is 19.5 Å². The molecule has 0 fully saturated rings. The molecule has 0 N–H and O–H groups in total. The van der Waals surface area contributed by atoms with Crippen LogP contribution in [0.25, 0.3) is 16.8 Å². The van der Waals surface area contributed by atoms with Gasteiger partial charge in [-0.15, -0.1) is 5.10 Å².